The molecule has 0 rings (SSSR count). The number of hydrogen-bond acceptors (Lipinski definition) is 5. The number of esters is 1. The van der Waals surface area contributed by atoms with E-state index in [1.54, 1.807) is 0 Å². The molecular formula is C22H43NaO7S. The number of hydrogen-bond donors (Lipinski definition) is 2. The molecule has 0 saturated carbocycles. The fourth-order valence-corrected chi connectivity index (χ4v) is 4.05. The summed E-state index contributed by atoms with van der Waals surface area (Å²) in [6.45, 7) is 2.27. The SMILES string of the molecule is CCCCCCCCCCCCCCCCCCOC(=O)C(CC(=O)O)S(=O)(=O)O.[H-].[Na+]. The van der Waals surface area contributed by atoms with Crippen molar-refractivity contribution < 1.29 is 63.4 Å². The number of carboxylic acids is 1. The van der Waals surface area contributed by atoms with E-state index in [0.717, 1.165) is 19.3 Å². The maximum absolute atomic E-state index is 11.7. The predicted molar refractivity (Wildman–Crippen MR) is 119 cm³/mol. The first kappa shape index (κ1) is 33.0. The molecule has 2 N–H and O–H groups in total. The Bertz CT molecular complexity index is 558. The smallest absolute Gasteiger partial charge is 1.00 e. The summed E-state index contributed by atoms with van der Waals surface area (Å²) in [5.41, 5.74) is 0. The minimum atomic E-state index is -4.79. The molecule has 1 atom stereocenters. The zero-order chi connectivity index (χ0) is 22.7. The minimum Gasteiger partial charge on any atom is -1.00 e. The maximum Gasteiger partial charge on any atom is 1.00 e. The van der Waals surface area contributed by atoms with Crippen molar-refractivity contribution in [2.24, 2.45) is 0 Å². The summed E-state index contributed by atoms with van der Waals surface area (Å²) in [6.07, 6.45) is 18.5. The van der Waals surface area contributed by atoms with Gasteiger partial charge in [-0.05, 0) is 6.42 Å². The molecule has 0 bridgehead atoms. The second-order valence-corrected chi connectivity index (χ2v) is 9.67. The van der Waals surface area contributed by atoms with E-state index in [2.05, 4.69) is 6.92 Å². The van der Waals surface area contributed by atoms with Crippen LogP contribution >= 0.6 is 0 Å². The van der Waals surface area contributed by atoms with Gasteiger partial charge in [0.1, 0.15) is 0 Å². The second kappa shape index (κ2) is 21.7. The Kier molecular flexibility index (Phi) is 23.1. The van der Waals surface area contributed by atoms with Crippen molar-refractivity contribution in [1.29, 1.82) is 0 Å². The number of carbonyl (C=O) groups is 2. The van der Waals surface area contributed by atoms with Gasteiger partial charge in [0.05, 0.1) is 13.0 Å². The topological polar surface area (TPSA) is 118 Å². The van der Waals surface area contributed by atoms with Crippen LogP contribution in [0, 0.1) is 0 Å². The van der Waals surface area contributed by atoms with Crippen molar-refractivity contribution in [2.75, 3.05) is 6.61 Å². The van der Waals surface area contributed by atoms with Crippen molar-refractivity contribution in [3.63, 3.8) is 0 Å². The molecule has 0 spiro atoms. The van der Waals surface area contributed by atoms with Crippen molar-refractivity contribution in [3.8, 4) is 0 Å². The normalized spacial score (nSPS) is 12.2. The Labute approximate surface area is 212 Å². The molecule has 0 aromatic heterocycles. The van der Waals surface area contributed by atoms with Gasteiger partial charge in [0.2, 0.25) is 0 Å². The average Bonchev–Trinajstić information content (AvgIpc) is 2.67. The van der Waals surface area contributed by atoms with E-state index < -0.39 is 33.7 Å². The van der Waals surface area contributed by atoms with Crippen molar-refractivity contribution >= 4 is 22.1 Å². The van der Waals surface area contributed by atoms with Crippen LogP contribution in [-0.4, -0.2) is 41.9 Å². The summed E-state index contributed by atoms with van der Waals surface area (Å²) < 4.78 is 35.9. The summed E-state index contributed by atoms with van der Waals surface area (Å²) >= 11 is 0. The Morgan fingerprint density at radius 1 is 0.774 bits per heavy atom. The van der Waals surface area contributed by atoms with Crippen molar-refractivity contribution in [1.82, 2.24) is 0 Å². The molecule has 0 fully saturated rings. The number of rotatable bonds is 21. The van der Waals surface area contributed by atoms with Gasteiger partial charge in [-0.3, -0.25) is 14.1 Å². The summed E-state index contributed by atoms with van der Waals surface area (Å²) in [5, 5.41) is 6.57. The van der Waals surface area contributed by atoms with Gasteiger partial charge in [0.15, 0.2) is 5.25 Å². The molecule has 0 radical (unpaired) electrons. The first-order valence-electron chi connectivity index (χ1n) is 11.6. The molecule has 0 saturated heterocycles. The third-order valence-electron chi connectivity index (χ3n) is 5.22. The van der Waals surface area contributed by atoms with Gasteiger partial charge in [0.25, 0.3) is 10.1 Å². The van der Waals surface area contributed by atoms with Gasteiger partial charge in [-0.1, -0.05) is 103 Å². The van der Waals surface area contributed by atoms with Crippen LogP contribution in [0.2, 0.25) is 0 Å². The van der Waals surface area contributed by atoms with E-state index in [9.17, 15) is 18.0 Å². The molecule has 0 aromatic carbocycles. The minimum absolute atomic E-state index is 0. The zero-order valence-corrected chi connectivity index (χ0v) is 22.5. The standard InChI is InChI=1S/C22H42O7S.Na.H/c1-2-3-4-5-6-7-8-9-10-11-12-13-14-15-16-17-18-29-22(25)20(19-21(23)24)30(26,27)28;;/h20H,2-19H2,1H3,(H,23,24)(H,26,27,28);;/q;+1;-1. The van der Waals surface area contributed by atoms with Crippen LogP contribution in [0.25, 0.3) is 0 Å². The fourth-order valence-electron chi connectivity index (χ4n) is 3.38. The maximum atomic E-state index is 11.7. The molecule has 7 nitrogen and oxygen atoms in total. The van der Waals surface area contributed by atoms with Crippen molar-refractivity contribution in [3.05, 3.63) is 0 Å². The Balaban J connectivity index is -0.00000420. The summed E-state index contributed by atoms with van der Waals surface area (Å²) in [6, 6.07) is 0. The van der Waals surface area contributed by atoms with E-state index >= 15 is 0 Å². The van der Waals surface area contributed by atoms with Crippen LogP contribution in [0.15, 0.2) is 0 Å². The van der Waals surface area contributed by atoms with Gasteiger partial charge in [-0.25, -0.2) is 0 Å². The van der Waals surface area contributed by atoms with Crippen LogP contribution in [0.1, 0.15) is 118 Å². The molecule has 0 amide bonds. The van der Waals surface area contributed by atoms with Gasteiger partial charge >= 0.3 is 41.5 Å². The summed E-state index contributed by atoms with van der Waals surface area (Å²) in [5.74, 6) is -2.70. The number of carbonyl (C=O) groups excluding carboxylic acids is 1. The first-order chi connectivity index (χ1) is 14.3. The molecular weight excluding hydrogens is 431 g/mol. The predicted octanol–water partition coefficient (Wildman–Crippen LogP) is 2.64. The second-order valence-electron chi connectivity index (χ2n) is 8.07. The first-order valence-corrected chi connectivity index (χ1v) is 13.1. The molecule has 9 heteroatoms. The Hall–Kier alpha value is -0.150. The van der Waals surface area contributed by atoms with Gasteiger partial charge in [-0.2, -0.15) is 8.42 Å². The van der Waals surface area contributed by atoms with Crippen LogP contribution in [0.3, 0.4) is 0 Å². The van der Waals surface area contributed by atoms with Crippen LogP contribution in [-0.2, 0) is 24.4 Å². The molecule has 0 aromatic rings. The van der Waals surface area contributed by atoms with E-state index in [4.69, 9.17) is 14.4 Å². The van der Waals surface area contributed by atoms with E-state index in [-0.39, 0.29) is 37.6 Å². The third-order valence-corrected chi connectivity index (χ3v) is 6.30. The molecule has 0 aliphatic carbocycles. The van der Waals surface area contributed by atoms with Gasteiger partial charge < -0.3 is 11.3 Å². The number of aliphatic carboxylic acids is 1. The fraction of sp³-hybridized carbons (Fsp3) is 0.909. The largest absolute Gasteiger partial charge is 1.00 e. The van der Waals surface area contributed by atoms with Crippen LogP contribution < -0.4 is 29.6 Å². The quantitative estimate of drug-likeness (QED) is 0.114. The molecule has 180 valence electrons. The number of unbranched alkanes of at least 4 members (excludes halogenated alkanes) is 15. The summed E-state index contributed by atoms with van der Waals surface area (Å²) in [7, 11) is -4.79. The molecule has 0 heterocycles. The Morgan fingerprint density at radius 2 is 1.13 bits per heavy atom. The van der Waals surface area contributed by atoms with E-state index in [0.29, 0.717) is 6.42 Å². The Morgan fingerprint density at radius 3 is 1.45 bits per heavy atom. The summed E-state index contributed by atoms with van der Waals surface area (Å²) in [4.78, 5) is 22.3. The molecule has 1 unspecified atom stereocenters. The van der Waals surface area contributed by atoms with Crippen LogP contribution in [0.4, 0.5) is 0 Å². The number of ether oxygens (including phenoxy) is 1. The molecule has 31 heavy (non-hydrogen) atoms. The average molecular weight is 475 g/mol. The zero-order valence-electron chi connectivity index (χ0n) is 20.6. The van der Waals surface area contributed by atoms with E-state index in [1.165, 1.54) is 77.0 Å². The number of carboxylic acid groups (broad SMARTS) is 1. The van der Waals surface area contributed by atoms with E-state index in [1.807, 2.05) is 0 Å². The van der Waals surface area contributed by atoms with Crippen molar-refractivity contribution in [2.45, 2.75) is 121 Å². The van der Waals surface area contributed by atoms with Gasteiger partial charge in [-0.15, -0.1) is 0 Å². The molecule has 0 aliphatic rings. The third kappa shape index (κ3) is 21.5. The van der Waals surface area contributed by atoms with Crippen LogP contribution in [0.5, 0.6) is 0 Å². The monoisotopic (exact) mass is 474 g/mol. The molecule has 0 aliphatic heterocycles. The van der Waals surface area contributed by atoms with Gasteiger partial charge in [0, 0.05) is 0 Å².